The molecule has 0 bridgehead atoms. The highest BCUT2D eigenvalue weighted by Crippen LogP contribution is 2.46. The molecule has 2 aliphatic rings. The third-order valence-corrected chi connectivity index (χ3v) is 8.49. The van der Waals surface area contributed by atoms with Crippen LogP contribution in [0.2, 0.25) is 5.02 Å². The third kappa shape index (κ3) is 5.13. The summed E-state index contributed by atoms with van der Waals surface area (Å²) in [6.45, 7) is 8.74. The Kier molecular flexibility index (Phi) is 8.03. The van der Waals surface area contributed by atoms with Gasteiger partial charge < -0.3 is 26.2 Å². The van der Waals surface area contributed by atoms with Crippen LogP contribution in [0.15, 0.2) is 24.3 Å². The van der Waals surface area contributed by atoms with E-state index in [0.717, 1.165) is 12.0 Å². The SMILES string of the molecule is CC(NC(=O)C1CCCC1(O)CCN)C(C)C(=O)N1CCC(O)(c2ccc(Cl)cc2)C(C)(C)C1. The summed E-state index contributed by atoms with van der Waals surface area (Å²) in [5, 5.41) is 26.0. The van der Waals surface area contributed by atoms with Crippen LogP contribution in [0.5, 0.6) is 0 Å². The average molecular weight is 494 g/mol. The Hall–Kier alpha value is -1.67. The van der Waals surface area contributed by atoms with Gasteiger partial charge in [0, 0.05) is 29.6 Å². The zero-order valence-corrected chi connectivity index (χ0v) is 21.6. The molecule has 1 aromatic carbocycles. The van der Waals surface area contributed by atoms with E-state index in [4.69, 9.17) is 17.3 Å². The first-order chi connectivity index (χ1) is 15.8. The molecule has 1 aromatic rings. The fourth-order valence-electron chi connectivity index (χ4n) is 5.70. The lowest BCUT2D eigenvalue weighted by Crippen LogP contribution is -2.58. The molecule has 8 heteroatoms. The minimum atomic E-state index is -1.08. The predicted molar refractivity (Wildman–Crippen MR) is 133 cm³/mol. The van der Waals surface area contributed by atoms with Gasteiger partial charge in [0.2, 0.25) is 11.8 Å². The maximum absolute atomic E-state index is 13.4. The van der Waals surface area contributed by atoms with Crippen molar-refractivity contribution in [2.24, 2.45) is 23.0 Å². The van der Waals surface area contributed by atoms with Crippen molar-refractivity contribution in [3.63, 3.8) is 0 Å². The second kappa shape index (κ2) is 10.1. The molecule has 2 amide bonds. The lowest BCUT2D eigenvalue weighted by Gasteiger charge is -2.51. The summed E-state index contributed by atoms with van der Waals surface area (Å²) in [5.41, 5.74) is 3.73. The first-order valence-corrected chi connectivity index (χ1v) is 12.7. The van der Waals surface area contributed by atoms with Crippen LogP contribution in [-0.2, 0) is 15.2 Å². The van der Waals surface area contributed by atoms with E-state index in [9.17, 15) is 19.8 Å². The van der Waals surface area contributed by atoms with Crippen molar-refractivity contribution in [1.29, 1.82) is 0 Å². The Morgan fingerprint density at radius 3 is 2.44 bits per heavy atom. The standard InChI is InChI=1S/C26H40ClN3O4/c1-17(18(2)29-22(31)21-6-5-11-25(21,33)12-14-28)23(32)30-15-13-26(34,24(3,4)16-30)19-7-9-20(27)10-8-19/h7-10,17-18,21,33-34H,5-6,11-16,28H2,1-4H3,(H,29,31). The van der Waals surface area contributed by atoms with Gasteiger partial charge in [0.15, 0.2) is 0 Å². The highest BCUT2D eigenvalue weighted by atomic mass is 35.5. The molecule has 0 aromatic heterocycles. The molecule has 5 atom stereocenters. The van der Waals surface area contributed by atoms with Crippen molar-refractivity contribution in [2.45, 2.75) is 77.0 Å². The van der Waals surface area contributed by atoms with Crippen molar-refractivity contribution in [3.8, 4) is 0 Å². The van der Waals surface area contributed by atoms with Crippen LogP contribution >= 0.6 is 11.6 Å². The molecular formula is C26H40ClN3O4. The Morgan fingerprint density at radius 2 is 1.85 bits per heavy atom. The van der Waals surface area contributed by atoms with E-state index in [1.807, 2.05) is 39.8 Å². The van der Waals surface area contributed by atoms with Gasteiger partial charge in [-0.3, -0.25) is 9.59 Å². The molecule has 34 heavy (non-hydrogen) atoms. The number of hydrogen-bond donors (Lipinski definition) is 4. The molecule has 2 fully saturated rings. The third-order valence-electron chi connectivity index (χ3n) is 8.24. The summed E-state index contributed by atoms with van der Waals surface area (Å²) in [4.78, 5) is 28.1. The van der Waals surface area contributed by atoms with Gasteiger partial charge in [-0.1, -0.05) is 44.5 Å². The molecule has 1 aliphatic heterocycles. The molecular weight excluding hydrogens is 454 g/mol. The van der Waals surface area contributed by atoms with E-state index in [0.29, 0.717) is 50.3 Å². The molecule has 1 heterocycles. The molecule has 190 valence electrons. The van der Waals surface area contributed by atoms with Crippen LogP contribution in [0.3, 0.4) is 0 Å². The Balaban J connectivity index is 1.64. The van der Waals surface area contributed by atoms with Crippen LogP contribution in [-0.4, -0.2) is 58.2 Å². The first kappa shape index (κ1) is 26.9. The number of piperidine rings is 1. The molecule has 1 saturated heterocycles. The van der Waals surface area contributed by atoms with E-state index in [1.165, 1.54) is 0 Å². The smallest absolute Gasteiger partial charge is 0.227 e. The monoisotopic (exact) mass is 493 g/mol. The molecule has 5 N–H and O–H groups in total. The molecule has 3 rings (SSSR count). The first-order valence-electron chi connectivity index (χ1n) is 12.3. The van der Waals surface area contributed by atoms with E-state index in [2.05, 4.69) is 5.32 Å². The van der Waals surface area contributed by atoms with Crippen molar-refractivity contribution in [3.05, 3.63) is 34.9 Å². The fraction of sp³-hybridized carbons (Fsp3) is 0.692. The summed E-state index contributed by atoms with van der Waals surface area (Å²) < 4.78 is 0. The number of amides is 2. The molecule has 1 saturated carbocycles. The minimum Gasteiger partial charge on any atom is -0.389 e. The second-order valence-electron chi connectivity index (χ2n) is 10.9. The van der Waals surface area contributed by atoms with Crippen molar-refractivity contribution < 1.29 is 19.8 Å². The van der Waals surface area contributed by atoms with Crippen LogP contribution in [0.25, 0.3) is 0 Å². The highest BCUT2D eigenvalue weighted by Gasteiger charge is 2.50. The van der Waals surface area contributed by atoms with Crippen LogP contribution < -0.4 is 11.1 Å². The Bertz CT molecular complexity index is 893. The number of halogens is 1. The highest BCUT2D eigenvalue weighted by molar-refractivity contribution is 6.30. The van der Waals surface area contributed by atoms with Gasteiger partial charge in [-0.25, -0.2) is 0 Å². The number of benzene rings is 1. The lowest BCUT2D eigenvalue weighted by atomic mass is 9.66. The summed E-state index contributed by atoms with van der Waals surface area (Å²) in [6, 6.07) is 6.85. The predicted octanol–water partition coefficient (Wildman–Crippen LogP) is 2.81. The maximum Gasteiger partial charge on any atom is 0.227 e. The summed E-state index contributed by atoms with van der Waals surface area (Å²) in [5.74, 6) is -1.20. The van der Waals surface area contributed by atoms with Crippen molar-refractivity contribution >= 4 is 23.4 Å². The van der Waals surface area contributed by atoms with Crippen LogP contribution in [0.4, 0.5) is 0 Å². The maximum atomic E-state index is 13.4. The van der Waals surface area contributed by atoms with Crippen LogP contribution in [0, 0.1) is 17.3 Å². The fourth-order valence-corrected chi connectivity index (χ4v) is 5.83. The molecule has 5 unspecified atom stereocenters. The van der Waals surface area contributed by atoms with Gasteiger partial charge in [0.1, 0.15) is 0 Å². The normalized spacial score (nSPS) is 30.6. The van der Waals surface area contributed by atoms with E-state index in [1.54, 1.807) is 17.0 Å². The number of aliphatic hydroxyl groups is 2. The minimum absolute atomic E-state index is 0.0531. The van der Waals surface area contributed by atoms with E-state index < -0.39 is 28.5 Å². The molecule has 0 radical (unpaired) electrons. The number of nitrogens with one attached hydrogen (secondary N) is 1. The zero-order chi connectivity index (χ0) is 25.3. The van der Waals surface area contributed by atoms with Gasteiger partial charge in [-0.05, 0) is 63.3 Å². The topological polar surface area (TPSA) is 116 Å². The van der Waals surface area contributed by atoms with Gasteiger partial charge in [0.05, 0.1) is 23.0 Å². The molecule has 0 spiro atoms. The van der Waals surface area contributed by atoms with Gasteiger partial charge in [0.25, 0.3) is 0 Å². The van der Waals surface area contributed by atoms with E-state index >= 15 is 0 Å². The van der Waals surface area contributed by atoms with Gasteiger partial charge in [-0.15, -0.1) is 0 Å². The zero-order valence-electron chi connectivity index (χ0n) is 20.8. The summed E-state index contributed by atoms with van der Waals surface area (Å²) in [7, 11) is 0. The number of carbonyl (C=O) groups is 2. The number of rotatable bonds is 7. The number of nitrogens with two attached hydrogens (primary N) is 1. The van der Waals surface area contributed by atoms with E-state index in [-0.39, 0.29) is 17.9 Å². The lowest BCUT2D eigenvalue weighted by molar-refractivity contribution is -0.157. The quantitative estimate of drug-likeness (QED) is 0.466. The van der Waals surface area contributed by atoms with Crippen molar-refractivity contribution in [1.82, 2.24) is 10.2 Å². The van der Waals surface area contributed by atoms with Crippen LogP contribution in [0.1, 0.15) is 65.4 Å². The largest absolute Gasteiger partial charge is 0.389 e. The second-order valence-corrected chi connectivity index (χ2v) is 11.4. The summed E-state index contributed by atoms with van der Waals surface area (Å²) in [6.07, 6.45) is 2.80. The van der Waals surface area contributed by atoms with Gasteiger partial charge >= 0.3 is 0 Å². The average Bonchev–Trinajstić information content (AvgIpc) is 3.16. The molecule has 7 nitrogen and oxygen atoms in total. The Morgan fingerprint density at radius 1 is 1.21 bits per heavy atom. The summed E-state index contributed by atoms with van der Waals surface area (Å²) >= 11 is 6.02. The number of carbonyl (C=O) groups excluding carboxylic acids is 2. The number of nitrogens with zero attached hydrogens (tertiary/aromatic N) is 1. The Labute approximate surface area is 208 Å². The number of likely N-dealkylation sites (tertiary alicyclic amines) is 1. The van der Waals surface area contributed by atoms with Gasteiger partial charge in [-0.2, -0.15) is 0 Å². The number of hydrogen-bond acceptors (Lipinski definition) is 5. The molecule has 1 aliphatic carbocycles. The van der Waals surface area contributed by atoms with Crippen molar-refractivity contribution in [2.75, 3.05) is 19.6 Å².